The summed E-state index contributed by atoms with van der Waals surface area (Å²) in [6.45, 7) is 5.02. The molecule has 0 fully saturated rings. The minimum atomic E-state index is 0.385. The van der Waals surface area contributed by atoms with Gasteiger partial charge in [-0.3, -0.25) is 0 Å². The summed E-state index contributed by atoms with van der Waals surface area (Å²) in [6, 6.07) is 5.87. The lowest BCUT2D eigenvalue weighted by Gasteiger charge is -2.23. The van der Waals surface area contributed by atoms with Gasteiger partial charge in [0.1, 0.15) is 24.6 Å². The first-order valence-corrected chi connectivity index (χ1v) is 11.8. The second-order valence-corrected chi connectivity index (χ2v) is 6.70. The summed E-state index contributed by atoms with van der Waals surface area (Å²) in [5, 5.41) is 0. The molecule has 1 heterocycles. The number of hydrogen-bond acceptors (Lipinski definition) is 3. The van der Waals surface area contributed by atoms with Crippen LogP contribution in [-0.2, 0) is 3.07 Å². The first-order valence-electron chi connectivity index (χ1n) is 6.89. The molecule has 0 saturated carbocycles. The minimum Gasteiger partial charge on any atom is -0.488 e. The molecule has 1 aliphatic rings. The molecule has 0 bridgehead atoms. The van der Waals surface area contributed by atoms with Gasteiger partial charge in [0.2, 0.25) is 0 Å². The van der Waals surface area contributed by atoms with Crippen LogP contribution in [0.4, 0.5) is 0 Å². The van der Waals surface area contributed by atoms with Crippen LogP contribution in [0.25, 0.3) is 5.76 Å². The van der Waals surface area contributed by atoms with Gasteiger partial charge in [-0.2, -0.15) is 0 Å². The van der Waals surface area contributed by atoms with Gasteiger partial charge in [0, 0.05) is 11.6 Å². The van der Waals surface area contributed by atoms with Crippen molar-refractivity contribution < 1.29 is 12.3 Å². The fourth-order valence-corrected chi connectivity index (χ4v) is 3.77. The molecule has 0 radical (unpaired) electrons. The van der Waals surface area contributed by atoms with Gasteiger partial charge >= 0.3 is 0 Å². The van der Waals surface area contributed by atoms with E-state index < -0.39 is 0 Å². The molecule has 6 heteroatoms. The van der Waals surface area contributed by atoms with Crippen molar-refractivity contribution in [2.45, 2.75) is 20.3 Å². The fourth-order valence-electron chi connectivity index (χ4n) is 2.29. The van der Waals surface area contributed by atoms with Gasteiger partial charge in [-0.15, -0.1) is 0 Å². The van der Waals surface area contributed by atoms with E-state index in [4.69, 9.17) is 12.3 Å². The van der Waals surface area contributed by atoms with Crippen molar-refractivity contribution >= 4 is 57.3 Å². The average molecular weight is 542 g/mol. The average Bonchev–Trinajstić information content (AvgIpc) is 2.53. The van der Waals surface area contributed by atoms with Crippen molar-refractivity contribution in [3.05, 3.63) is 53.1 Å². The molecule has 1 atom stereocenters. The molecule has 0 N–H and O–H groups in total. The summed E-state index contributed by atoms with van der Waals surface area (Å²) < 4.78 is 17.1. The Bertz CT molecular complexity index is 624. The molecule has 0 spiro atoms. The van der Waals surface area contributed by atoms with Crippen molar-refractivity contribution in [1.29, 1.82) is 0 Å². The zero-order valence-electron chi connectivity index (χ0n) is 12.4. The van der Waals surface area contributed by atoms with Crippen molar-refractivity contribution in [3.8, 4) is 11.5 Å². The number of ether oxygens (including phenoxy) is 1. The molecule has 118 valence electrons. The molecule has 1 aromatic carbocycles. The maximum absolute atomic E-state index is 5.93. The number of allylic oxidation sites excluding steroid dienone is 3. The van der Waals surface area contributed by atoms with Crippen LogP contribution in [-0.4, -0.2) is 6.61 Å². The Hall–Kier alpha value is -0.270. The zero-order valence-corrected chi connectivity index (χ0v) is 17.7. The third-order valence-electron chi connectivity index (χ3n) is 3.20. The van der Waals surface area contributed by atoms with E-state index >= 15 is 0 Å². The molecule has 0 aromatic heterocycles. The summed E-state index contributed by atoms with van der Waals surface area (Å²) in [7, 11) is 0. The summed E-state index contributed by atoms with van der Waals surface area (Å²) in [5.41, 5.74) is 3.19. The normalized spacial score (nSPS) is 15.4. The van der Waals surface area contributed by atoms with Crippen LogP contribution in [0.1, 0.15) is 25.8 Å². The largest absolute Gasteiger partial charge is 0.488 e. The second-order valence-electron chi connectivity index (χ2n) is 4.58. The summed E-state index contributed by atoms with van der Waals surface area (Å²) >= 11 is 4.14. The van der Waals surface area contributed by atoms with E-state index in [-0.39, 0.29) is 0 Å². The second kappa shape index (κ2) is 9.13. The lowest BCUT2D eigenvalue weighted by Crippen LogP contribution is -2.13. The molecule has 1 aromatic rings. The van der Waals surface area contributed by atoms with E-state index in [0.717, 1.165) is 40.4 Å². The first-order chi connectivity index (χ1) is 10.7. The van der Waals surface area contributed by atoms with Gasteiger partial charge in [-0.1, -0.05) is 25.2 Å². The van der Waals surface area contributed by atoms with Gasteiger partial charge in [0.15, 0.2) is 28.8 Å². The molecule has 0 aliphatic carbocycles. The van der Waals surface area contributed by atoms with Crippen LogP contribution in [0.5, 0.6) is 11.5 Å². The smallest absolute Gasteiger partial charge is 0.192 e. The Kier molecular flexibility index (Phi) is 7.50. The highest BCUT2D eigenvalue weighted by atomic mass is 127. The van der Waals surface area contributed by atoms with Crippen LogP contribution in [0.3, 0.4) is 0 Å². The van der Waals surface area contributed by atoms with E-state index in [1.807, 2.05) is 54.2 Å². The molecule has 1 unspecified atom stereocenters. The maximum atomic E-state index is 5.93. The summed E-state index contributed by atoms with van der Waals surface area (Å²) in [5.74, 6) is 2.49. The van der Waals surface area contributed by atoms with Gasteiger partial charge in [0.05, 0.1) is 5.56 Å². The van der Waals surface area contributed by atoms with E-state index in [0.29, 0.717) is 13.1 Å². The highest BCUT2D eigenvalue weighted by Crippen LogP contribution is 2.41. The molecular weight excluding hydrogens is 525 g/mol. The Labute approximate surface area is 160 Å². The quantitative estimate of drug-likeness (QED) is 0.237. The Morgan fingerprint density at radius 3 is 2.91 bits per heavy atom. The number of halogens is 2. The van der Waals surface area contributed by atoms with Crippen molar-refractivity contribution in [2.24, 2.45) is 0 Å². The predicted molar refractivity (Wildman–Crippen MR) is 110 cm³/mol. The van der Waals surface area contributed by atoms with E-state index in [1.165, 1.54) is 0 Å². The van der Waals surface area contributed by atoms with Crippen molar-refractivity contribution in [1.82, 2.24) is 0 Å². The third kappa shape index (κ3) is 4.17. The van der Waals surface area contributed by atoms with Gasteiger partial charge < -0.3 is 12.3 Å². The lowest BCUT2D eigenvalue weighted by atomic mass is 9.97. The van der Waals surface area contributed by atoms with Crippen LogP contribution >= 0.6 is 51.5 Å². The third-order valence-corrected chi connectivity index (χ3v) is 4.61. The van der Waals surface area contributed by atoms with Gasteiger partial charge in [-0.05, 0) is 53.1 Å². The number of hydrogen-bond donors (Lipinski definition) is 0. The highest BCUT2D eigenvalue weighted by molar-refractivity contribution is 14.2. The van der Waals surface area contributed by atoms with Gasteiger partial charge in [-0.25, -0.2) is 0 Å². The molecule has 0 saturated heterocycles. The number of rotatable bonds is 6. The molecule has 3 nitrogen and oxygen atoms in total. The van der Waals surface area contributed by atoms with Crippen molar-refractivity contribution in [2.75, 3.05) is 6.61 Å². The van der Waals surface area contributed by atoms with Crippen LogP contribution in [0.2, 0.25) is 0 Å². The standard InChI is InChI=1S/C16H17I2O3P/c1-3-5-11(6-4-2)14-10-19-15-9-12(21-22-18)7-8-13(15)16(14)20-17/h3,5-9,22H,4,10H2,1-2H3/b5-3-,11-6+. The molecule has 1 aliphatic heterocycles. The van der Waals surface area contributed by atoms with Crippen LogP contribution in [0, 0.1) is 0 Å². The van der Waals surface area contributed by atoms with Crippen LogP contribution < -0.4 is 9.26 Å². The van der Waals surface area contributed by atoms with E-state index in [2.05, 4.69) is 41.1 Å². The lowest BCUT2D eigenvalue weighted by molar-refractivity contribution is 0.341. The molecule has 0 amide bonds. The van der Waals surface area contributed by atoms with Crippen molar-refractivity contribution in [3.63, 3.8) is 0 Å². The maximum Gasteiger partial charge on any atom is 0.192 e. The minimum absolute atomic E-state index is 0.385. The van der Waals surface area contributed by atoms with E-state index in [9.17, 15) is 0 Å². The van der Waals surface area contributed by atoms with E-state index in [1.54, 1.807) is 0 Å². The molecule has 22 heavy (non-hydrogen) atoms. The topological polar surface area (TPSA) is 27.7 Å². The summed E-state index contributed by atoms with van der Waals surface area (Å²) in [4.78, 5) is 0. The zero-order chi connectivity index (χ0) is 15.9. The Morgan fingerprint density at radius 1 is 1.45 bits per heavy atom. The molecule has 2 rings (SSSR count). The predicted octanol–water partition coefficient (Wildman–Crippen LogP) is 6.39. The fraction of sp³-hybridized carbons (Fsp3) is 0.250. The Morgan fingerprint density at radius 2 is 2.27 bits per heavy atom. The van der Waals surface area contributed by atoms with Crippen LogP contribution in [0.15, 0.2) is 47.6 Å². The highest BCUT2D eigenvalue weighted by Gasteiger charge is 2.23. The first kappa shape index (κ1) is 18.1. The Balaban J connectivity index is 2.49. The monoisotopic (exact) mass is 542 g/mol. The molecular formula is C16H17I2O3P. The number of benzene rings is 1. The number of fused-ring (bicyclic) bond motifs is 1. The SMILES string of the molecule is C/C=C\C(=C/CC)C1=C(OI)c2ccc(OPI)cc2OC1. The summed E-state index contributed by atoms with van der Waals surface area (Å²) in [6.07, 6.45) is 7.28. The van der Waals surface area contributed by atoms with Gasteiger partial charge in [0.25, 0.3) is 0 Å².